The number of rotatable bonds is 7. The highest BCUT2D eigenvalue weighted by Crippen LogP contribution is 2.22. The average molecular weight is 356 g/mol. The third-order valence-electron chi connectivity index (χ3n) is 4.57. The van der Waals surface area contributed by atoms with E-state index >= 15 is 0 Å². The van der Waals surface area contributed by atoms with Crippen molar-refractivity contribution >= 4 is 11.7 Å². The van der Waals surface area contributed by atoms with Crippen LogP contribution in [0, 0.1) is 0 Å². The predicted octanol–water partition coefficient (Wildman–Crippen LogP) is 2.59. The third kappa shape index (κ3) is 4.46. The molecule has 1 heterocycles. The summed E-state index contributed by atoms with van der Waals surface area (Å²) in [6.45, 7) is 5.03. The summed E-state index contributed by atoms with van der Waals surface area (Å²) in [7, 11) is 1.68. The molecule has 1 N–H and O–H groups in total. The zero-order valence-corrected chi connectivity index (χ0v) is 14.9. The highest BCUT2D eigenvalue weighted by molar-refractivity contribution is 5.90. The molecule has 0 spiro atoms. The molecule has 1 saturated heterocycles. The first-order valence-corrected chi connectivity index (χ1v) is 8.74. The molecule has 0 saturated carbocycles. The Bertz CT molecular complexity index is 742. The summed E-state index contributed by atoms with van der Waals surface area (Å²) >= 11 is 0. The van der Waals surface area contributed by atoms with Gasteiger partial charge >= 0.3 is 5.97 Å². The normalized spacial score (nSPS) is 14.9. The Morgan fingerprint density at radius 1 is 1.08 bits per heavy atom. The number of carbonyl (C=O) groups is 1. The van der Waals surface area contributed by atoms with Crippen LogP contribution in [-0.2, 0) is 0 Å². The summed E-state index contributed by atoms with van der Waals surface area (Å²) in [5.74, 6) is 0.331. The second-order valence-corrected chi connectivity index (χ2v) is 6.18. The van der Waals surface area contributed by atoms with Crippen LogP contribution < -0.4 is 14.4 Å². The van der Waals surface area contributed by atoms with E-state index in [2.05, 4.69) is 21.9 Å². The zero-order chi connectivity index (χ0) is 18.4. The molecular formula is C20H24N2O4. The Balaban J connectivity index is 1.47. The average Bonchev–Trinajstić information content (AvgIpc) is 2.69. The van der Waals surface area contributed by atoms with Crippen molar-refractivity contribution in [3.8, 4) is 11.5 Å². The molecule has 2 aromatic rings. The van der Waals surface area contributed by atoms with E-state index in [1.807, 2.05) is 12.1 Å². The fourth-order valence-corrected chi connectivity index (χ4v) is 3.09. The second-order valence-electron chi connectivity index (χ2n) is 6.18. The molecule has 1 aliphatic rings. The summed E-state index contributed by atoms with van der Waals surface area (Å²) in [5.41, 5.74) is 1.38. The largest absolute Gasteiger partial charge is 0.497 e. The predicted molar refractivity (Wildman–Crippen MR) is 101 cm³/mol. The Morgan fingerprint density at radius 3 is 2.58 bits per heavy atom. The minimum absolute atomic E-state index is 0.204. The first kappa shape index (κ1) is 18.1. The van der Waals surface area contributed by atoms with Gasteiger partial charge in [0.1, 0.15) is 23.7 Å². The molecule has 1 fully saturated rings. The molecule has 0 amide bonds. The smallest absolute Gasteiger partial charge is 0.339 e. The van der Waals surface area contributed by atoms with Crippen LogP contribution in [-0.4, -0.2) is 62.4 Å². The Labute approximate surface area is 153 Å². The first-order valence-electron chi connectivity index (χ1n) is 8.74. The number of nitrogens with zero attached hydrogens (tertiary/aromatic N) is 2. The molecule has 26 heavy (non-hydrogen) atoms. The van der Waals surface area contributed by atoms with Crippen molar-refractivity contribution < 1.29 is 19.4 Å². The summed E-state index contributed by atoms with van der Waals surface area (Å²) in [6, 6.07) is 14.9. The standard InChI is InChI=1S/C20H24N2O4/c1-25-17-6-4-5-16(15-17)22-11-9-21(10-12-22)13-14-26-19-8-3-2-7-18(19)20(23)24/h2-8,15H,9-14H2,1H3,(H,23,24). The number of ether oxygens (including phenoxy) is 2. The van der Waals surface area contributed by atoms with Gasteiger partial charge in [0.15, 0.2) is 0 Å². The van der Waals surface area contributed by atoms with Gasteiger partial charge in [-0.05, 0) is 24.3 Å². The fourth-order valence-electron chi connectivity index (χ4n) is 3.09. The SMILES string of the molecule is COc1cccc(N2CCN(CCOc3ccccc3C(=O)O)CC2)c1. The molecule has 3 rings (SSSR count). The van der Waals surface area contributed by atoms with Gasteiger partial charge in [-0.3, -0.25) is 4.90 Å². The van der Waals surface area contributed by atoms with Crippen molar-refractivity contribution in [2.75, 3.05) is 51.3 Å². The maximum atomic E-state index is 11.2. The van der Waals surface area contributed by atoms with Crippen LogP contribution in [0.5, 0.6) is 11.5 Å². The molecule has 6 heteroatoms. The van der Waals surface area contributed by atoms with Crippen molar-refractivity contribution in [3.05, 3.63) is 54.1 Å². The molecule has 1 aliphatic heterocycles. The van der Waals surface area contributed by atoms with Crippen LogP contribution in [0.25, 0.3) is 0 Å². The lowest BCUT2D eigenvalue weighted by atomic mass is 10.2. The summed E-state index contributed by atoms with van der Waals surface area (Å²) in [5, 5.41) is 9.18. The van der Waals surface area contributed by atoms with Crippen molar-refractivity contribution in [1.82, 2.24) is 4.90 Å². The number of anilines is 1. The monoisotopic (exact) mass is 356 g/mol. The molecule has 0 aliphatic carbocycles. The van der Waals surface area contributed by atoms with Crippen molar-refractivity contribution in [3.63, 3.8) is 0 Å². The molecular weight excluding hydrogens is 332 g/mol. The van der Waals surface area contributed by atoms with Crippen LogP contribution in [0.1, 0.15) is 10.4 Å². The lowest BCUT2D eigenvalue weighted by Gasteiger charge is -2.36. The van der Waals surface area contributed by atoms with Crippen molar-refractivity contribution in [1.29, 1.82) is 0 Å². The van der Waals surface area contributed by atoms with E-state index in [0.717, 1.165) is 38.5 Å². The van der Waals surface area contributed by atoms with Gasteiger partial charge in [0.05, 0.1) is 7.11 Å². The topological polar surface area (TPSA) is 62.2 Å². The Morgan fingerprint density at radius 2 is 1.85 bits per heavy atom. The number of hydrogen-bond donors (Lipinski definition) is 1. The molecule has 0 atom stereocenters. The number of hydrogen-bond acceptors (Lipinski definition) is 5. The summed E-state index contributed by atoms with van der Waals surface area (Å²) in [4.78, 5) is 15.9. The minimum Gasteiger partial charge on any atom is -0.497 e. The van der Waals surface area contributed by atoms with Gasteiger partial charge in [-0.25, -0.2) is 4.79 Å². The first-order chi connectivity index (χ1) is 12.7. The van der Waals surface area contributed by atoms with E-state index in [1.165, 1.54) is 5.69 Å². The van der Waals surface area contributed by atoms with Gasteiger partial charge in [-0.2, -0.15) is 0 Å². The molecule has 0 bridgehead atoms. The number of benzene rings is 2. The lowest BCUT2D eigenvalue weighted by Crippen LogP contribution is -2.47. The van der Waals surface area contributed by atoms with Crippen LogP contribution >= 0.6 is 0 Å². The van der Waals surface area contributed by atoms with Gasteiger partial charge in [0.2, 0.25) is 0 Å². The molecule has 0 unspecified atom stereocenters. The van der Waals surface area contributed by atoms with E-state index in [9.17, 15) is 9.90 Å². The quantitative estimate of drug-likeness (QED) is 0.823. The van der Waals surface area contributed by atoms with E-state index in [0.29, 0.717) is 12.4 Å². The Kier molecular flexibility index (Phi) is 5.96. The number of aromatic carboxylic acids is 1. The maximum absolute atomic E-state index is 11.2. The third-order valence-corrected chi connectivity index (χ3v) is 4.57. The maximum Gasteiger partial charge on any atom is 0.339 e. The summed E-state index contributed by atoms with van der Waals surface area (Å²) < 4.78 is 11.0. The van der Waals surface area contributed by atoms with Gasteiger partial charge in [-0.1, -0.05) is 18.2 Å². The highest BCUT2D eigenvalue weighted by Gasteiger charge is 2.18. The van der Waals surface area contributed by atoms with Gasteiger partial charge in [-0.15, -0.1) is 0 Å². The Hall–Kier alpha value is -2.73. The van der Waals surface area contributed by atoms with Crippen molar-refractivity contribution in [2.45, 2.75) is 0 Å². The number of methoxy groups -OCH3 is 1. The molecule has 6 nitrogen and oxygen atoms in total. The van der Waals surface area contributed by atoms with Crippen LogP contribution in [0.2, 0.25) is 0 Å². The lowest BCUT2D eigenvalue weighted by molar-refractivity contribution is 0.0691. The van der Waals surface area contributed by atoms with Crippen molar-refractivity contribution in [2.24, 2.45) is 0 Å². The summed E-state index contributed by atoms with van der Waals surface area (Å²) in [6.07, 6.45) is 0. The molecule has 2 aromatic carbocycles. The second kappa shape index (κ2) is 8.58. The molecule has 0 radical (unpaired) electrons. The van der Waals surface area contributed by atoms with Gasteiger partial charge in [0, 0.05) is 44.5 Å². The molecule has 138 valence electrons. The van der Waals surface area contributed by atoms with Gasteiger partial charge < -0.3 is 19.5 Å². The van der Waals surface area contributed by atoms with E-state index < -0.39 is 5.97 Å². The van der Waals surface area contributed by atoms with Gasteiger partial charge in [0.25, 0.3) is 0 Å². The van der Waals surface area contributed by atoms with E-state index in [4.69, 9.17) is 9.47 Å². The van der Waals surface area contributed by atoms with Crippen LogP contribution in [0.4, 0.5) is 5.69 Å². The number of carboxylic acids is 1. The number of carboxylic acid groups (broad SMARTS) is 1. The van der Waals surface area contributed by atoms with Crippen LogP contribution in [0.3, 0.4) is 0 Å². The number of piperazine rings is 1. The highest BCUT2D eigenvalue weighted by atomic mass is 16.5. The zero-order valence-electron chi connectivity index (χ0n) is 14.9. The van der Waals surface area contributed by atoms with E-state index in [-0.39, 0.29) is 5.56 Å². The van der Waals surface area contributed by atoms with E-state index in [1.54, 1.807) is 31.4 Å². The fraction of sp³-hybridized carbons (Fsp3) is 0.350. The number of para-hydroxylation sites is 1. The molecule has 0 aromatic heterocycles. The van der Waals surface area contributed by atoms with Crippen LogP contribution in [0.15, 0.2) is 48.5 Å². The minimum atomic E-state index is -0.965.